The molecular weight excluding hydrogens is 372 g/mol. The number of allylic oxidation sites excluding steroid dienone is 3. The molecule has 7 heteroatoms. The summed E-state index contributed by atoms with van der Waals surface area (Å²) < 4.78 is 10.2. The molecule has 0 saturated carbocycles. The van der Waals surface area contributed by atoms with Crippen LogP contribution in [0.2, 0.25) is 0 Å². The molecule has 0 atom stereocenters. The Bertz CT molecular complexity index is 1020. The van der Waals surface area contributed by atoms with Crippen LogP contribution in [-0.4, -0.2) is 36.2 Å². The third kappa shape index (κ3) is 4.08. The van der Waals surface area contributed by atoms with E-state index < -0.39 is 5.97 Å². The summed E-state index contributed by atoms with van der Waals surface area (Å²) in [6, 6.07) is 8.25. The number of nitrogens with one attached hydrogen (secondary N) is 1. The lowest BCUT2D eigenvalue weighted by Crippen LogP contribution is -2.21. The maximum absolute atomic E-state index is 12.9. The molecule has 0 radical (unpaired) electrons. The second-order valence-corrected chi connectivity index (χ2v) is 6.21. The third-order valence-electron chi connectivity index (χ3n) is 4.31. The van der Waals surface area contributed by atoms with Gasteiger partial charge in [-0.25, -0.2) is 9.78 Å². The Kier molecular flexibility index (Phi) is 5.87. The summed E-state index contributed by atoms with van der Waals surface area (Å²) in [7, 11) is 1.56. The molecular formula is C22H20N2O5. The van der Waals surface area contributed by atoms with Gasteiger partial charge in [-0.3, -0.25) is 9.59 Å². The predicted octanol–water partition coefficient (Wildman–Crippen LogP) is 3.89. The lowest BCUT2D eigenvalue weighted by Gasteiger charge is -2.19. The first-order chi connectivity index (χ1) is 14.0. The van der Waals surface area contributed by atoms with Crippen molar-refractivity contribution in [1.82, 2.24) is 4.98 Å². The van der Waals surface area contributed by atoms with Crippen LogP contribution in [0.5, 0.6) is 5.75 Å². The average molecular weight is 392 g/mol. The van der Waals surface area contributed by atoms with E-state index in [4.69, 9.17) is 9.47 Å². The number of nitrogens with zero attached hydrogens (tertiary/aromatic N) is 1. The molecule has 1 aliphatic rings. The first-order valence-corrected chi connectivity index (χ1v) is 9.02. The molecule has 0 spiro atoms. The van der Waals surface area contributed by atoms with Crippen LogP contribution in [0.1, 0.15) is 44.5 Å². The Balaban J connectivity index is 2.11. The molecule has 0 fully saturated rings. The highest BCUT2D eigenvalue weighted by Gasteiger charge is 2.30. The van der Waals surface area contributed by atoms with Crippen molar-refractivity contribution in [2.45, 2.75) is 13.3 Å². The SMILES string of the molecule is C=CCC1=CC(=O)c2c(cc(C(=O)OCC)nc2Nc2ccc(OC)cc2)C1=O. The van der Waals surface area contributed by atoms with Crippen LogP contribution in [0.25, 0.3) is 0 Å². The number of Topliss-reactive ketones (excluding diaryl/α,β-unsaturated/α-hetero) is 1. The summed E-state index contributed by atoms with van der Waals surface area (Å²) in [5.41, 5.74) is 1.11. The number of methoxy groups -OCH3 is 1. The molecule has 29 heavy (non-hydrogen) atoms. The number of rotatable bonds is 7. The van der Waals surface area contributed by atoms with Gasteiger partial charge in [-0.15, -0.1) is 6.58 Å². The number of hydrogen-bond acceptors (Lipinski definition) is 7. The van der Waals surface area contributed by atoms with Gasteiger partial charge in [0.2, 0.25) is 0 Å². The van der Waals surface area contributed by atoms with E-state index in [2.05, 4.69) is 16.9 Å². The number of carbonyl (C=O) groups excluding carboxylic acids is 3. The van der Waals surface area contributed by atoms with Crippen LogP contribution in [0.15, 0.2) is 54.6 Å². The standard InChI is InChI=1S/C22H20N2O5/c1-4-6-13-11-18(25)19-16(20(13)26)12-17(22(27)29-5-2)24-21(19)23-14-7-9-15(28-3)10-8-14/h4,7-12H,1,5-6H2,2-3H3,(H,23,24). The van der Waals surface area contributed by atoms with Gasteiger partial charge in [0.15, 0.2) is 17.3 Å². The Morgan fingerprint density at radius 3 is 2.59 bits per heavy atom. The van der Waals surface area contributed by atoms with Crippen LogP contribution in [0.3, 0.4) is 0 Å². The maximum atomic E-state index is 12.9. The molecule has 7 nitrogen and oxygen atoms in total. The number of ether oxygens (including phenoxy) is 2. The smallest absolute Gasteiger partial charge is 0.357 e. The van der Waals surface area contributed by atoms with Gasteiger partial charge in [-0.05, 0) is 49.8 Å². The lowest BCUT2D eigenvalue weighted by atomic mass is 9.88. The number of carbonyl (C=O) groups is 3. The minimum Gasteiger partial charge on any atom is -0.497 e. The molecule has 0 bridgehead atoms. The van der Waals surface area contributed by atoms with Crippen LogP contribution < -0.4 is 10.1 Å². The van der Waals surface area contributed by atoms with Gasteiger partial charge in [0.1, 0.15) is 11.6 Å². The number of esters is 1. The molecule has 3 rings (SSSR count). The van der Waals surface area contributed by atoms with Crippen LogP contribution >= 0.6 is 0 Å². The normalized spacial score (nSPS) is 12.7. The van der Waals surface area contributed by atoms with Crippen molar-refractivity contribution in [3.8, 4) is 5.75 Å². The van der Waals surface area contributed by atoms with Gasteiger partial charge in [-0.2, -0.15) is 0 Å². The molecule has 1 aromatic heterocycles. The number of fused-ring (bicyclic) bond motifs is 1. The fourth-order valence-electron chi connectivity index (χ4n) is 2.96. The fraction of sp³-hybridized carbons (Fsp3) is 0.182. The second kappa shape index (κ2) is 8.52. The van der Waals surface area contributed by atoms with Gasteiger partial charge in [0.05, 0.1) is 19.3 Å². The monoisotopic (exact) mass is 392 g/mol. The Hall–Kier alpha value is -3.74. The topological polar surface area (TPSA) is 94.6 Å². The van der Waals surface area contributed by atoms with E-state index in [9.17, 15) is 14.4 Å². The second-order valence-electron chi connectivity index (χ2n) is 6.21. The highest BCUT2D eigenvalue weighted by Crippen LogP contribution is 2.31. The van der Waals surface area contributed by atoms with E-state index in [0.717, 1.165) is 0 Å². The molecule has 0 amide bonds. The van der Waals surface area contributed by atoms with Crippen LogP contribution in [0, 0.1) is 0 Å². The summed E-state index contributed by atoms with van der Waals surface area (Å²) in [6.45, 7) is 5.45. The van der Waals surface area contributed by atoms with E-state index >= 15 is 0 Å². The van der Waals surface area contributed by atoms with Crippen molar-refractivity contribution >= 4 is 29.0 Å². The van der Waals surface area contributed by atoms with Crippen LogP contribution in [0.4, 0.5) is 11.5 Å². The van der Waals surface area contributed by atoms with Crippen molar-refractivity contribution in [1.29, 1.82) is 0 Å². The third-order valence-corrected chi connectivity index (χ3v) is 4.31. The molecule has 1 aliphatic carbocycles. The number of hydrogen-bond donors (Lipinski definition) is 1. The zero-order valence-corrected chi connectivity index (χ0v) is 16.2. The van der Waals surface area contributed by atoms with E-state index in [1.165, 1.54) is 12.1 Å². The molecule has 1 N–H and O–H groups in total. The van der Waals surface area contributed by atoms with Gasteiger partial charge in [0.25, 0.3) is 0 Å². The first kappa shape index (κ1) is 20.0. The van der Waals surface area contributed by atoms with Crippen molar-refractivity contribution in [3.63, 3.8) is 0 Å². The number of aromatic nitrogens is 1. The number of benzene rings is 1. The van der Waals surface area contributed by atoms with E-state index in [-0.39, 0.29) is 47.2 Å². The Morgan fingerprint density at radius 2 is 1.97 bits per heavy atom. The zero-order valence-electron chi connectivity index (χ0n) is 16.2. The molecule has 1 aromatic carbocycles. The molecule has 0 saturated heterocycles. The number of ketones is 2. The highest BCUT2D eigenvalue weighted by molar-refractivity contribution is 6.26. The largest absolute Gasteiger partial charge is 0.497 e. The predicted molar refractivity (Wildman–Crippen MR) is 108 cm³/mol. The lowest BCUT2D eigenvalue weighted by molar-refractivity contribution is 0.0519. The van der Waals surface area contributed by atoms with Crippen LogP contribution in [-0.2, 0) is 4.74 Å². The molecule has 1 heterocycles. The molecule has 0 aliphatic heterocycles. The van der Waals surface area contributed by atoms with Crippen molar-refractivity contribution in [3.05, 3.63) is 71.5 Å². The zero-order chi connectivity index (χ0) is 21.0. The molecule has 2 aromatic rings. The highest BCUT2D eigenvalue weighted by atomic mass is 16.5. The van der Waals surface area contributed by atoms with Crippen molar-refractivity contribution in [2.75, 3.05) is 19.0 Å². The average Bonchev–Trinajstić information content (AvgIpc) is 2.72. The molecule has 0 unspecified atom stereocenters. The summed E-state index contributed by atoms with van der Waals surface area (Å²) in [6.07, 6.45) is 3.09. The van der Waals surface area contributed by atoms with Gasteiger partial charge >= 0.3 is 5.97 Å². The molecule has 148 valence electrons. The fourth-order valence-corrected chi connectivity index (χ4v) is 2.96. The first-order valence-electron chi connectivity index (χ1n) is 9.02. The minimum absolute atomic E-state index is 0.0531. The maximum Gasteiger partial charge on any atom is 0.357 e. The summed E-state index contributed by atoms with van der Waals surface area (Å²) in [5.74, 6) is -0.606. The van der Waals surface area contributed by atoms with E-state index in [0.29, 0.717) is 17.0 Å². The van der Waals surface area contributed by atoms with Gasteiger partial charge in [-0.1, -0.05) is 6.08 Å². The van der Waals surface area contributed by atoms with Gasteiger partial charge in [0, 0.05) is 16.8 Å². The van der Waals surface area contributed by atoms with Gasteiger partial charge < -0.3 is 14.8 Å². The number of pyridine rings is 1. The van der Waals surface area contributed by atoms with Crippen molar-refractivity contribution < 1.29 is 23.9 Å². The Labute approximate surface area is 168 Å². The Morgan fingerprint density at radius 1 is 1.24 bits per heavy atom. The summed E-state index contributed by atoms with van der Waals surface area (Å²) >= 11 is 0. The summed E-state index contributed by atoms with van der Waals surface area (Å²) in [4.78, 5) is 42.2. The minimum atomic E-state index is -0.673. The van der Waals surface area contributed by atoms with E-state index in [1.807, 2.05) is 0 Å². The quantitative estimate of drug-likeness (QED) is 0.564. The number of anilines is 2. The van der Waals surface area contributed by atoms with E-state index in [1.54, 1.807) is 44.4 Å². The van der Waals surface area contributed by atoms with Crippen molar-refractivity contribution in [2.24, 2.45) is 0 Å². The summed E-state index contributed by atoms with van der Waals surface area (Å²) in [5, 5.41) is 3.02.